The van der Waals surface area contributed by atoms with Gasteiger partial charge in [0.05, 0.1) is 38.3 Å². The monoisotopic (exact) mass is 316 g/mol. The molecule has 2 saturated heterocycles. The van der Waals surface area contributed by atoms with Crippen molar-refractivity contribution in [2.75, 3.05) is 14.2 Å². The van der Waals surface area contributed by atoms with Gasteiger partial charge in [-0.05, 0) is 12.0 Å². The van der Waals surface area contributed by atoms with E-state index in [0.29, 0.717) is 6.42 Å². The van der Waals surface area contributed by atoms with Crippen LogP contribution in [-0.2, 0) is 23.8 Å². The molecule has 2 aliphatic rings. The minimum Gasteiger partial charge on any atom is -0.469 e. The number of ether oxygens (including phenoxy) is 3. The van der Waals surface area contributed by atoms with E-state index in [4.69, 9.17) is 14.2 Å². The van der Waals surface area contributed by atoms with Crippen LogP contribution in [0, 0.1) is 17.8 Å². The van der Waals surface area contributed by atoms with E-state index in [1.807, 2.05) is 36.4 Å². The average molecular weight is 316 g/mol. The highest BCUT2D eigenvalue weighted by Gasteiger charge is 2.59. The number of fused-ring (bicyclic) bond motifs is 2. The van der Waals surface area contributed by atoms with Gasteiger partial charge in [-0.3, -0.25) is 9.59 Å². The lowest BCUT2D eigenvalue weighted by Gasteiger charge is -2.27. The summed E-state index contributed by atoms with van der Waals surface area (Å²) in [6, 6.07) is 9.94. The molecule has 0 aliphatic carbocycles. The molecule has 0 saturated carbocycles. The number of hydrogen-bond donors (Lipinski definition) is 0. The normalized spacial score (nSPS) is 32.2. The molecule has 2 heterocycles. The number of carbonyl (C=O) groups is 2. The molecule has 23 heavy (non-hydrogen) atoms. The van der Waals surface area contributed by atoms with Crippen molar-refractivity contribution in [3.05, 3.63) is 42.0 Å². The second-order valence-corrected chi connectivity index (χ2v) is 5.91. The molecule has 2 bridgehead atoms. The highest BCUT2D eigenvalue weighted by atomic mass is 16.6. The fraction of sp³-hybridized carbons (Fsp3) is 0.444. The van der Waals surface area contributed by atoms with Gasteiger partial charge in [0.1, 0.15) is 0 Å². The second kappa shape index (κ2) is 6.54. The minimum atomic E-state index is -0.600. The van der Waals surface area contributed by atoms with Gasteiger partial charge in [0.25, 0.3) is 0 Å². The summed E-state index contributed by atoms with van der Waals surface area (Å²) in [6.45, 7) is 0. The first-order chi connectivity index (χ1) is 11.2. The Bertz CT molecular complexity index is 609. The van der Waals surface area contributed by atoms with Crippen LogP contribution in [0.4, 0.5) is 0 Å². The topological polar surface area (TPSA) is 61.8 Å². The van der Waals surface area contributed by atoms with Crippen molar-refractivity contribution >= 4 is 18.0 Å². The molecule has 0 amide bonds. The van der Waals surface area contributed by atoms with Gasteiger partial charge < -0.3 is 14.2 Å². The standard InChI is InChI=1S/C18H20O5/c1-21-17(19)14-13-10-12(9-8-11-6-4-3-5-7-11)16(23-13)15(14)18(20)22-2/h3-9,12-16H,10H2,1-2H3/b9-8+. The average Bonchev–Trinajstić information content (AvgIpc) is 3.17. The Labute approximate surface area is 135 Å². The number of esters is 2. The first-order valence-corrected chi connectivity index (χ1v) is 7.70. The molecule has 2 aliphatic heterocycles. The zero-order chi connectivity index (χ0) is 16.4. The van der Waals surface area contributed by atoms with Gasteiger partial charge in [-0.2, -0.15) is 0 Å². The molecule has 0 aromatic heterocycles. The van der Waals surface area contributed by atoms with Gasteiger partial charge in [-0.1, -0.05) is 42.5 Å². The Morgan fingerprint density at radius 3 is 2.39 bits per heavy atom. The van der Waals surface area contributed by atoms with Crippen molar-refractivity contribution in [3.8, 4) is 0 Å². The van der Waals surface area contributed by atoms with Gasteiger partial charge in [0.2, 0.25) is 0 Å². The number of benzene rings is 1. The molecule has 5 unspecified atom stereocenters. The van der Waals surface area contributed by atoms with Crippen LogP contribution < -0.4 is 0 Å². The molecule has 122 valence electrons. The molecule has 5 atom stereocenters. The summed E-state index contributed by atoms with van der Waals surface area (Å²) >= 11 is 0. The zero-order valence-electron chi connectivity index (χ0n) is 13.2. The molecule has 5 nitrogen and oxygen atoms in total. The maximum absolute atomic E-state index is 12.1. The van der Waals surface area contributed by atoms with Gasteiger partial charge in [0, 0.05) is 5.92 Å². The Morgan fingerprint density at radius 1 is 1.09 bits per heavy atom. The van der Waals surface area contributed by atoms with Crippen molar-refractivity contribution in [1.29, 1.82) is 0 Å². The van der Waals surface area contributed by atoms with Crippen molar-refractivity contribution in [3.63, 3.8) is 0 Å². The van der Waals surface area contributed by atoms with E-state index in [1.165, 1.54) is 14.2 Å². The number of carbonyl (C=O) groups excluding carboxylic acids is 2. The Kier molecular flexibility index (Phi) is 4.48. The summed E-state index contributed by atoms with van der Waals surface area (Å²) in [4.78, 5) is 24.1. The SMILES string of the molecule is COC(=O)C1C2CC(/C=C/c3ccccc3)C(O2)C1C(=O)OC. The predicted molar refractivity (Wildman–Crippen MR) is 83.3 cm³/mol. The number of methoxy groups -OCH3 is 2. The molecule has 0 radical (unpaired) electrons. The molecular weight excluding hydrogens is 296 g/mol. The van der Waals surface area contributed by atoms with Crippen LogP contribution in [0.15, 0.2) is 36.4 Å². The third-order valence-corrected chi connectivity index (χ3v) is 4.68. The first-order valence-electron chi connectivity index (χ1n) is 7.70. The van der Waals surface area contributed by atoms with Crippen LogP contribution in [0.5, 0.6) is 0 Å². The van der Waals surface area contributed by atoms with E-state index in [0.717, 1.165) is 5.56 Å². The lowest BCUT2D eigenvalue weighted by atomic mass is 9.73. The molecule has 2 fully saturated rings. The Morgan fingerprint density at radius 2 is 1.74 bits per heavy atom. The maximum Gasteiger partial charge on any atom is 0.312 e. The van der Waals surface area contributed by atoms with Crippen LogP contribution in [0.2, 0.25) is 0 Å². The lowest BCUT2D eigenvalue weighted by Crippen LogP contribution is -2.42. The summed E-state index contributed by atoms with van der Waals surface area (Å²) in [5.41, 5.74) is 1.09. The lowest BCUT2D eigenvalue weighted by molar-refractivity contribution is -0.158. The minimum absolute atomic E-state index is 0.0882. The smallest absolute Gasteiger partial charge is 0.312 e. The van der Waals surface area contributed by atoms with E-state index in [1.54, 1.807) is 0 Å². The fourth-order valence-electron chi connectivity index (χ4n) is 3.62. The Hall–Kier alpha value is -2.14. The van der Waals surface area contributed by atoms with Gasteiger partial charge in [-0.15, -0.1) is 0 Å². The fourth-order valence-corrected chi connectivity index (χ4v) is 3.62. The van der Waals surface area contributed by atoms with E-state index in [9.17, 15) is 9.59 Å². The quantitative estimate of drug-likeness (QED) is 0.796. The number of hydrogen-bond acceptors (Lipinski definition) is 5. The highest BCUT2D eigenvalue weighted by molar-refractivity contribution is 5.84. The van der Waals surface area contributed by atoms with Crippen molar-refractivity contribution in [2.45, 2.75) is 18.6 Å². The molecule has 3 rings (SSSR count). The van der Waals surface area contributed by atoms with Crippen LogP contribution in [0.25, 0.3) is 6.08 Å². The molecule has 0 N–H and O–H groups in total. The summed E-state index contributed by atoms with van der Waals surface area (Å²) in [6.07, 6.45) is 4.17. The molecule has 1 aromatic rings. The Balaban J connectivity index is 1.79. The van der Waals surface area contributed by atoms with E-state index in [-0.39, 0.29) is 18.1 Å². The largest absolute Gasteiger partial charge is 0.469 e. The first kappa shape index (κ1) is 15.7. The van der Waals surface area contributed by atoms with E-state index in [2.05, 4.69) is 6.08 Å². The van der Waals surface area contributed by atoms with Crippen molar-refractivity contribution < 1.29 is 23.8 Å². The van der Waals surface area contributed by atoms with Gasteiger partial charge in [0.15, 0.2) is 0 Å². The third kappa shape index (κ3) is 2.88. The van der Waals surface area contributed by atoms with Crippen molar-refractivity contribution in [2.24, 2.45) is 17.8 Å². The summed E-state index contributed by atoms with van der Waals surface area (Å²) in [5.74, 6) is -1.90. The summed E-state index contributed by atoms with van der Waals surface area (Å²) in [7, 11) is 2.66. The van der Waals surface area contributed by atoms with Crippen molar-refractivity contribution in [1.82, 2.24) is 0 Å². The summed E-state index contributed by atoms with van der Waals surface area (Å²) < 4.78 is 15.6. The molecule has 0 spiro atoms. The van der Waals surface area contributed by atoms with E-state index < -0.39 is 23.8 Å². The molecule has 5 heteroatoms. The van der Waals surface area contributed by atoms with Gasteiger partial charge in [-0.25, -0.2) is 0 Å². The maximum atomic E-state index is 12.1. The molecule has 1 aromatic carbocycles. The van der Waals surface area contributed by atoms with Crippen LogP contribution >= 0.6 is 0 Å². The number of rotatable bonds is 4. The third-order valence-electron chi connectivity index (χ3n) is 4.68. The van der Waals surface area contributed by atoms with Crippen LogP contribution in [0.3, 0.4) is 0 Å². The van der Waals surface area contributed by atoms with Crippen LogP contribution in [-0.4, -0.2) is 38.4 Å². The zero-order valence-corrected chi connectivity index (χ0v) is 13.2. The van der Waals surface area contributed by atoms with E-state index >= 15 is 0 Å². The predicted octanol–water partition coefficient (Wildman–Crippen LogP) is 2.07. The van der Waals surface area contributed by atoms with Crippen LogP contribution in [0.1, 0.15) is 12.0 Å². The van der Waals surface area contributed by atoms with Gasteiger partial charge >= 0.3 is 11.9 Å². The second-order valence-electron chi connectivity index (χ2n) is 5.91. The summed E-state index contributed by atoms with van der Waals surface area (Å²) in [5, 5.41) is 0. The molecular formula is C18H20O5. The highest BCUT2D eigenvalue weighted by Crippen LogP contribution is 2.48.